The first kappa shape index (κ1) is 27.3. The van der Waals surface area contributed by atoms with E-state index in [0.29, 0.717) is 5.56 Å². The second-order valence-electron chi connectivity index (χ2n) is 8.56. The molecule has 14 nitrogen and oxygen atoms in total. The van der Waals surface area contributed by atoms with Gasteiger partial charge in [0.25, 0.3) is 11.4 Å². The highest BCUT2D eigenvalue weighted by Crippen LogP contribution is 2.24. The zero-order chi connectivity index (χ0) is 27.1. The third-order valence-corrected chi connectivity index (χ3v) is 5.73. The molecule has 3 rings (SSSR count). The van der Waals surface area contributed by atoms with E-state index in [9.17, 15) is 40.0 Å². The Bertz CT molecular complexity index is 1130. The van der Waals surface area contributed by atoms with Gasteiger partial charge in [-0.05, 0) is 49.6 Å². The van der Waals surface area contributed by atoms with E-state index < -0.39 is 46.5 Å². The summed E-state index contributed by atoms with van der Waals surface area (Å²) in [5.74, 6) is 0. The van der Waals surface area contributed by atoms with E-state index in [1.165, 1.54) is 53.4 Å². The lowest BCUT2D eigenvalue weighted by atomic mass is 10.1. The summed E-state index contributed by atoms with van der Waals surface area (Å²) in [6, 6.07) is 9.46. The molecule has 0 bridgehead atoms. The Kier molecular flexibility index (Phi) is 8.92. The van der Waals surface area contributed by atoms with Gasteiger partial charge in [0.1, 0.15) is 6.61 Å². The average Bonchev–Trinajstić information content (AvgIpc) is 3.22. The number of aliphatic hydroxyl groups is 2. The van der Waals surface area contributed by atoms with Gasteiger partial charge in [0.15, 0.2) is 0 Å². The van der Waals surface area contributed by atoms with Gasteiger partial charge in [0, 0.05) is 41.9 Å². The molecule has 14 heteroatoms. The van der Waals surface area contributed by atoms with Crippen molar-refractivity contribution in [3.8, 4) is 0 Å². The predicted molar refractivity (Wildman–Crippen MR) is 126 cm³/mol. The average molecular weight is 518 g/mol. The molecule has 1 aliphatic rings. The summed E-state index contributed by atoms with van der Waals surface area (Å²) in [6.07, 6.45) is -3.52. The first-order valence-corrected chi connectivity index (χ1v) is 11.3. The Morgan fingerprint density at radius 3 is 2.22 bits per heavy atom. The van der Waals surface area contributed by atoms with E-state index in [4.69, 9.17) is 9.47 Å². The fourth-order valence-corrected chi connectivity index (χ4v) is 3.91. The summed E-state index contributed by atoms with van der Waals surface area (Å²) in [5, 5.41) is 44.2. The zero-order valence-electron chi connectivity index (χ0n) is 19.8. The second-order valence-corrected chi connectivity index (χ2v) is 8.56. The van der Waals surface area contributed by atoms with E-state index in [1.807, 2.05) is 0 Å². The molecule has 0 aliphatic carbocycles. The lowest BCUT2D eigenvalue weighted by molar-refractivity contribution is -0.385. The Balaban J connectivity index is 1.49. The number of amides is 2. The number of ether oxygens (including phenoxy) is 2. The van der Waals surface area contributed by atoms with Gasteiger partial charge < -0.3 is 29.9 Å². The van der Waals surface area contributed by atoms with Crippen molar-refractivity contribution >= 4 is 23.6 Å². The highest BCUT2D eigenvalue weighted by Gasteiger charge is 2.36. The number of β-amino-alcohol motifs (C(OH)–C–C–N with tert-alkyl or cyclic N) is 1. The molecule has 2 aromatic rings. The van der Waals surface area contributed by atoms with Crippen molar-refractivity contribution in [3.05, 3.63) is 79.9 Å². The Morgan fingerprint density at radius 2 is 1.65 bits per heavy atom. The first-order chi connectivity index (χ1) is 17.5. The molecule has 4 atom stereocenters. The summed E-state index contributed by atoms with van der Waals surface area (Å²) in [6.45, 7) is 1.58. The maximum absolute atomic E-state index is 12.6. The first-order valence-electron chi connectivity index (χ1n) is 11.3. The highest BCUT2D eigenvalue weighted by atomic mass is 16.6. The summed E-state index contributed by atoms with van der Waals surface area (Å²) < 4.78 is 10.2. The van der Waals surface area contributed by atoms with Crippen molar-refractivity contribution < 1.29 is 39.1 Å². The van der Waals surface area contributed by atoms with Crippen molar-refractivity contribution in [2.75, 3.05) is 6.54 Å². The smallest absolute Gasteiger partial charge is 0.410 e. The predicted octanol–water partition coefficient (Wildman–Crippen LogP) is 2.77. The van der Waals surface area contributed by atoms with Crippen LogP contribution in [0.5, 0.6) is 0 Å². The summed E-state index contributed by atoms with van der Waals surface area (Å²) in [5.41, 5.74) is 0.440. The Morgan fingerprint density at radius 1 is 1.08 bits per heavy atom. The van der Waals surface area contributed by atoms with E-state index in [0.717, 1.165) is 0 Å². The lowest BCUT2D eigenvalue weighted by Gasteiger charge is -2.26. The lowest BCUT2D eigenvalue weighted by Crippen LogP contribution is -2.42. The van der Waals surface area contributed by atoms with Crippen LogP contribution in [0.1, 0.15) is 37.2 Å². The van der Waals surface area contributed by atoms with Crippen LogP contribution >= 0.6 is 0 Å². The van der Waals surface area contributed by atoms with Gasteiger partial charge in [-0.1, -0.05) is 0 Å². The largest absolute Gasteiger partial charge is 0.445 e. The van der Waals surface area contributed by atoms with Crippen LogP contribution in [0.25, 0.3) is 0 Å². The summed E-state index contributed by atoms with van der Waals surface area (Å²) in [7, 11) is 0. The molecule has 0 spiro atoms. The van der Waals surface area contributed by atoms with Gasteiger partial charge in [-0.3, -0.25) is 20.2 Å². The van der Waals surface area contributed by atoms with Crippen molar-refractivity contribution in [1.82, 2.24) is 10.2 Å². The van der Waals surface area contributed by atoms with E-state index in [-0.39, 0.29) is 42.9 Å². The second kappa shape index (κ2) is 12.1. The van der Waals surface area contributed by atoms with Gasteiger partial charge in [-0.2, -0.15) is 0 Å². The molecule has 0 radical (unpaired) electrons. The summed E-state index contributed by atoms with van der Waals surface area (Å²) in [4.78, 5) is 46.5. The van der Waals surface area contributed by atoms with Crippen molar-refractivity contribution in [1.29, 1.82) is 0 Å². The fraction of sp³-hybridized carbons (Fsp3) is 0.391. The van der Waals surface area contributed by atoms with E-state index >= 15 is 0 Å². The van der Waals surface area contributed by atoms with Crippen molar-refractivity contribution in [2.24, 2.45) is 0 Å². The van der Waals surface area contributed by atoms with Gasteiger partial charge in [-0.15, -0.1) is 0 Å². The van der Waals surface area contributed by atoms with E-state index in [2.05, 4.69) is 5.32 Å². The van der Waals surface area contributed by atoms with Crippen LogP contribution in [0.15, 0.2) is 48.5 Å². The molecule has 3 N–H and O–H groups in total. The van der Waals surface area contributed by atoms with Crippen LogP contribution in [0.4, 0.5) is 21.0 Å². The minimum Gasteiger partial charge on any atom is -0.445 e. The standard InChI is InChI=1S/C23H26N4O10/c1-14(24-22(30)37-21(29)16-4-8-18(9-5-16)27(34)35)10-19-11-20(28)12-25(19)23(31)36-13-15-2-6-17(7-3-15)26(32)33/h2-9,14,19-21,28-29H,10-13H2,1H3,(H,24,30)/t14?,19-,20+,21?/m0/s1. The molecule has 1 fully saturated rings. The van der Waals surface area contributed by atoms with Crippen LogP contribution < -0.4 is 5.32 Å². The van der Waals surface area contributed by atoms with Crippen LogP contribution in [0, 0.1) is 20.2 Å². The number of rotatable bonds is 9. The van der Waals surface area contributed by atoms with Crippen molar-refractivity contribution in [3.63, 3.8) is 0 Å². The number of alkyl carbamates (subject to hydrolysis) is 1. The van der Waals surface area contributed by atoms with Crippen LogP contribution in [-0.4, -0.2) is 61.9 Å². The van der Waals surface area contributed by atoms with Crippen LogP contribution in [0.3, 0.4) is 0 Å². The third-order valence-electron chi connectivity index (χ3n) is 5.73. The quantitative estimate of drug-likeness (QED) is 0.252. The van der Waals surface area contributed by atoms with Crippen LogP contribution in [-0.2, 0) is 16.1 Å². The Labute approximate surface area is 210 Å². The Hall–Kier alpha value is -4.30. The topological polar surface area (TPSA) is 195 Å². The molecule has 198 valence electrons. The fourth-order valence-electron chi connectivity index (χ4n) is 3.91. The maximum Gasteiger partial charge on any atom is 0.410 e. The molecular weight excluding hydrogens is 492 g/mol. The normalized spacial score (nSPS) is 18.5. The molecular formula is C23H26N4O10. The number of carbonyl (C=O) groups excluding carboxylic acids is 2. The molecule has 2 amide bonds. The molecule has 2 aromatic carbocycles. The van der Waals surface area contributed by atoms with E-state index in [1.54, 1.807) is 6.92 Å². The van der Waals surface area contributed by atoms with Crippen LogP contribution in [0.2, 0.25) is 0 Å². The number of aliphatic hydroxyl groups excluding tert-OH is 2. The number of hydrogen-bond acceptors (Lipinski definition) is 10. The number of nitrogens with zero attached hydrogens (tertiary/aromatic N) is 3. The molecule has 1 aliphatic heterocycles. The summed E-state index contributed by atoms with van der Waals surface area (Å²) >= 11 is 0. The minimum atomic E-state index is -1.65. The molecule has 0 aromatic heterocycles. The molecule has 1 heterocycles. The number of nitro benzene ring substituents is 2. The minimum absolute atomic E-state index is 0.0415. The van der Waals surface area contributed by atoms with Gasteiger partial charge in [0.2, 0.25) is 6.29 Å². The maximum atomic E-state index is 12.6. The van der Waals surface area contributed by atoms with Gasteiger partial charge >= 0.3 is 12.2 Å². The number of benzene rings is 2. The molecule has 2 unspecified atom stereocenters. The monoisotopic (exact) mass is 518 g/mol. The zero-order valence-corrected chi connectivity index (χ0v) is 19.8. The SMILES string of the molecule is CC(C[C@H]1C[C@@H](O)CN1C(=O)OCc1ccc([N+](=O)[O-])cc1)NC(=O)OC(O)c1ccc([N+](=O)[O-])cc1. The third kappa shape index (κ3) is 7.59. The van der Waals surface area contributed by atoms with Gasteiger partial charge in [-0.25, -0.2) is 9.59 Å². The van der Waals surface area contributed by atoms with Crippen molar-refractivity contribution in [2.45, 2.75) is 50.8 Å². The number of hydrogen-bond donors (Lipinski definition) is 3. The molecule has 0 saturated carbocycles. The number of non-ortho nitro benzene ring substituents is 2. The van der Waals surface area contributed by atoms with Gasteiger partial charge in [0.05, 0.1) is 22.5 Å². The number of nitrogens with one attached hydrogen (secondary N) is 1. The number of carbonyl (C=O) groups is 2. The molecule has 1 saturated heterocycles. The number of nitro groups is 2. The number of likely N-dealkylation sites (tertiary alicyclic amines) is 1. The molecule has 37 heavy (non-hydrogen) atoms. The highest BCUT2D eigenvalue weighted by molar-refractivity contribution is 5.69.